The van der Waals surface area contributed by atoms with E-state index in [1.165, 1.54) is 0 Å². The van der Waals surface area contributed by atoms with Gasteiger partial charge in [-0.1, -0.05) is 42.5 Å². The van der Waals surface area contributed by atoms with Crippen LogP contribution >= 0.6 is 0 Å². The fraction of sp³-hybridized carbons (Fsp3) is 0.150. The van der Waals surface area contributed by atoms with E-state index >= 15 is 0 Å². The predicted octanol–water partition coefficient (Wildman–Crippen LogP) is 1.94. The minimum absolute atomic E-state index is 0.0160. The van der Waals surface area contributed by atoms with Gasteiger partial charge in [-0.3, -0.25) is 10.8 Å². The molecule has 0 saturated heterocycles. The summed E-state index contributed by atoms with van der Waals surface area (Å²) in [4.78, 5) is 12.8. The van der Waals surface area contributed by atoms with E-state index in [1.54, 1.807) is 12.1 Å². The van der Waals surface area contributed by atoms with E-state index in [2.05, 4.69) is 0 Å². The van der Waals surface area contributed by atoms with E-state index in [0.717, 1.165) is 23.7 Å². The number of anilines is 1. The summed E-state index contributed by atoms with van der Waals surface area (Å²) in [5.41, 5.74) is 14.3. The zero-order valence-corrected chi connectivity index (χ0v) is 14.9. The van der Waals surface area contributed by atoms with Gasteiger partial charge in [0, 0.05) is 36.0 Å². The van der Waals surface area contributed by atoms with E-state index in [9.17, 15) is 4.79 Å². The van der Waals surface area contributed by atoms with Gasteiger partial charge >= 0.3 is 5.97 Å². The van der Waals surface area contributed by atoms with Crippen LogP contribution in [0.3, 0.4) is 0 Å². The Hall–Kier alpha value is -3.61. The fourth-order valence-corrected chi connectivity index (χ4v) is 2.59. The van der Waals surface area contributed by atoms with Gasteiger partial charge in [-0.25, -0.2) is 4.79 Å². The first kappa shape index (κ1) is 19.7. The van der Waals surface area contributed by atoms with Gasteiger partial charge in [0.05, 0.1) is 0 Å². The van der Waals surface area contributed by atoms with Crippen molar-refractivity contribution in [2.45, 2.75) is 6.42 Å². The molecule has 27 heavy (non-hydrogen) atoms. The second-order valence-corrected chi connectivity index (χ2v) is 6.01. The number of hydrogen-bond acceptors (Lipinski definition) is 4. The zero-order chi connectivity index (χ0) is 19.8. The van der Waals surface area contributed by atoms with E-state index in [-0.39, 0.29) is 11.7 Å². The normalized spacial score (nSPS) is 10.7. The highest BCUT2D eigenvalue weighted by Gasteiger charge is 2.08. The molecule has 0 amide bonds. The van der Waals surface area contributed by atoms with Crippen LogP contribution in [0.25, 0.3) is 0 Å². The maximum Gasteiger partial charge on any atom is 0.328 e. The number of rotatable bonds is 9. The van der Waals surface area contributed by atoms with Crippen LogP contribution < -0.4 is 16.4 Å². The second kappa shape index (κ2) is 9.19. The van der Waals surface area contributed by atoms with E-state index in [0.29, 0.717) is 24.2 Å². The minimum Gasteiger partial charge on any atom is -0.478 e. The number of benzene rings is 2. The van der Waals surface area contributed by atoms with E-state index in [1.807, 2.05) is 47.4 Å². The lowest BCUT2D eigenvalue weighted by Crippen LogP contribution is -2.26. The Balaban J connectivity index is 2.16. The number of aliphatic carboxylic acids is 1. The van der Waals surface area contributed by atoms with Crippen molar-refractivity contribution in [3.8, 4) is 0 Å². The Kier molecular flexibility index (Phi) is 6.71. The molecular weight excluding hydrogens is 342 g/mol. The molecule has 0 aliphatic carbocycles. The standard InChI is InChI=1S/C20H23N5O2/c21-19(22)15-8-6-14(7-9-15)10-12-25(11-2-5-18(26)27)17-4-1-3-16(13-17)20(23)24/h1-9,13H,10-12H2,(H3,21,22)(H3,23,24)(H,26,27). The molecule has 7 N–H and O–H groups in total. The van der Waals surface area contributed by atoms with Crippen molar-refractivity contribution in [2.75, 3.05) is 18.0 Å². The summed E-state index contributed by atoms with van der Waals surface area (Å²) in [5.74, 6) is -0.979. The highest BCUT2D eigenvalue weighted by molar-refractivity contribution is 5.96. The first-order chi connectivity index (χ1) is 12.9. The quantitative estimate of drug-likeness (QED) is 0.262. The number of carboxylic acid groups (broad SMARTS) is 1. The second-order valence-electron chi connectivity index (χ2n) is 6.01. The molecular formula is C20H23N5O2. The molecule has 0 fully saturated rings. The van der Waals surface area contributed by atoms with Crippen molar-refractivity contribution in [1.82, 2.24) is 0 Å². The number of carbonyl (C=O) groups is 1. The van der Waals surface area contributed by atoms with Gasteiger partial charge in [-0.15, -0.1) is 0 Å². The lowest BCUT2D eigenvalue weighted by molar-refractivity contribution is -0.131. The largest absolute Gasteiger partial charge is 0.478 e. The number of nitrogens with two attached hydrogens (primary N) is 2. The summed E-state index contributed by atoms with van der Waals surface area (Å²) in [7, 11) is 0. The number of carboxylic acids is 1. The number of hydrogen-bond donors (Lipinski definition) is 5. The molecule has 0 unspecified atom stereocenters. The van der Waals surface area contributed by atoms with Gasteiger partial charge in [0.1, 0.15) is 11.7 Å². The number of nitrogen functional groups attached to an aromatic ring is 2. The molecule has 0 heterocycles. The monoisotopic (exact) mass is 365 g/mol. The smallest absolute Gasteiger partial charge is 0.328 e. The first-order valence-corrected chi connectivity index (χ1v) is 8.39. The molecule has 2 aromatic carbocycles. The Morgan fingerprint density at radius 1 is 1.04 bits per heavy atom. The SMILES string of the molecule is N=C(N)c1ccc(CCN(CC=CC(=O)O)c2cccc(C(=N)N)c2)cc1. The molecule has 0 radical (unpaired) electrons. The molecule has 7 heteroatoms. The summed E-state index contributed by atoms with van der Waals surface area (Å²) in [5, 5.41) is 23.9. The Morgan fingerprint density at radius 2 is 1.70 bits per heavy atom. The lowest BCUT2D eigenvalue weighted by Gasteiger charge is -2.24. The zero-order valence-electron chi connectivity index (χ0n) is 14.9. The van der Waals surface area contributed by atoms with Crippen molar-refractivity contribution >= 4 is 23.3 Å². The Morgan fingerprint density at radius 3 is 2.30 bits per heavy atom. The maximum atomic E-state index is 10.7. The van der Waals surface area contributed by atoms with Gasteiger partial charge in [0.2, 0.25) is 0 Å². The molecule has 7 nitrogen and oxygen atoms in total. The molecule has 0 saturated carbocycles. The third-order valence-electron chi connectivity index (χ3n) is 4.04. The summed E-state index contributed by atoms with van der Waals surface area (Å²) in [6.45, 7) is 1.06. The highest BCUT2D eigenvalue weighted by atomic mass is 16.4. The van der Waals surface area contributed by atoms with Crippen molar-refractivity contribution < 1.29 is 9.90 Å². The summed E-state index contributed by atoms with van der Waals surface area (Å²) in [6, 6.07) is 14.8. The average Bonchev–Trinajstić information content (AvgIpc) is 2.64. The van der Waals surface area contributed by atoms with Crippen molar-refractivity contribution in [1.29, 1.82) is 10.8 Å². The van der Waals surface area contributed by atoms with Gasteiger partial charge in [-0.05, 0) is 24.1 Å². The Labute approximate surface area is 157 Å². The highest BCUT2D eigenvalue weighted by Crippen LogP contribution is 2.17. The molecule has 0 atom stereocenters. The number of nitrogens with zero attached hydrogens (tertiary/aromatic N) is 1. The molecule has 0 aliphatic rings. The van der Waals surface area contributed by atoms with Crippen LogP contribution in [0.15, 0.2) is 60.7 Å². The van der Waals surface area contributed by atoms with Gasteiger partial charge < -0.3 is 21.5 Å². The molecule has 140 valence electrons. The fourth-order valence-electron chi connectivity index (χ4n) is 2.59. The number of nitrogens with one attached hydrogen (secondary N) is 2. The summed E-state index contributed by atoms with van der Waals surface area (Å²) < 4.78 is 0. The third-order valence-corrected chi connectivity index (χ3v) is 4.04. The minimum atomic E-state index is -0.993. The van der Waals surface area contributed by atoms with Crippen LogP contribution in [0.2, 0.25) is 0 Å². The third kappa shape index (κ3) is 6.00. The van der Waals surface area contributed by atoms with Crippen LogP contribution in [0, 0.1) is 10.8 Å². The predicted molar refractivity (Wildman–Crippen MR) is 108 cm³/mol. The van der Waals surface area contributed by atoms with E-state index in [4.69, 9.17) is 27.4 Å². The van der Waals surface area contributed by atoms with Gasteiger partial charge in [-0.2, -0.15) is 0 Å². The first-order valence-electron chi connectivity index (χ1n) is 8.39. The van der Waals surface area contributed by atoms with Gasteiger partial charge in [0.15, 0.2) is 0 Å². The number of amidine groups is 2. The average molecular weight is 365 g/mol. The van der Waals surface area contributed by atoms with Crippen LogP contribution in [0.4, 0.5) is 5.69 Å². The van der Waals surface area contributed by atoms with Crippen molar-refractivity contribution in [3.63, 3.8) is 0 Å². The molecule has 0 spiro atoms. The topological polar surface area (TPSA) is 140 Å². The lowest BCUT2D eigenvalue weighted by atomic mass is 10.1. The molecule has 2 aromatic rings. The molecule has 0 aromatic heterocycles. The van der Waals surface area contributed by atoms with Crippen molar-refractivity contribution in [3.05, 3.63) is 77.4 Å². The maximum absolute atomic E-state index is 10.7. The van der Waals surface area contributed by atoms with Crippen LogP contribution in [-0.2, 0) is 11.2 Å². The Bertz CT molecular complexity index is 859. The molecule has 0 aliphatic heterocycles. The van der Waals surface area contributed by atoms with Crippen LogP contribution in [0.1, 0.15) is 16.7 Å². The van der Waals surface area contributed by atoms with E-state index < -0.39 is 5.97 Å². The summed E-state index contributed by atoms with van der Waals surface area (Å²) >= 11 is 0. The molecule has 0 bridgehead atoms. The van der Waals surface area contributed by atoms with Crippen LogP contribution in [-0.4, -0.2) is 35.8 Å². The van der Waals surface area contributed by atoms with Crippen LogP contribution in [0.5, 0.6) is 0 Å². The van der Waals surface area contributed by atoms with Gasteiger partial charge in [0.25, 0.3) is 0 Å². The molecule has 2 rings (SSSR count). The van der Waals surface area contributed by atoms with Crippen molar-refractivity contribution in [2.24, 2.45) is 11.5 Å². The summed E-state index contributed by atoms with van der Waals surface area (Å²) in [6.07, 6.45) is 3.43.